The van der Waals surface area contributed by atoms with Crippen LogP contribution in [0.25, 0.3) is 16.8 Å². The molecule has 0 unspecified atom stereocenters. The van der Waals surface area contributed by atoms with E-state index >= 15 is 0 Å². The molecule has 0 saturated carbocycles. The van der Waals surface area contributed by atoms with Crippen molar-refractivity contribution in [3.05, 3.63) is 77.2 Å². The van der Waals surface area contributed by atoms with Gasteiger partial charge in [0.15, 0.2) is 5.75 Å². The van der Waals surface area contributed by atoms with Crippen LogP contribution in [0.3, 0.4) is 0 Å². The first-order valence-electron chi connectivity index (χ1n) is 10.1. The Morgan fingerprint density at radius 1 is 0.917 bits per heavy atom. The van der Waals surface area contributed by atoms with Gasteiger partial charge in [-0.05, 0) is 37.3 Å². The zero-order chi connectivity index (χ0) is 26.4. The second kappa shape index (κ2) is 9.17. The fraction of sp³-hybridized carbons (Fsp3) is 0.130. The SMILES string of the molecule is COc1c(C2=C(C)C(=O)ON(C)OC2=O)cn(S(=O)(=O)c2cccc(F)c2)c1-c1ccc(F)cc1F. The maximum absolute atomic E-state index is 14.9. The number of ether oxygens (including phenoxy) is 1. The molecule has 1 aromatic heterocycles. The summed E-state index contributed by atoms with van der Waals surface area (Å²) in [6.45, 7) is 1.23. The first-order chi connectivity index (χ1) is 16.9. The van der Waals surface area contributed by atoms with Crippen molar-refractivity contribution in [3.8, 4) is 17.0 Å². The number of hydroxylamine groups is 2. The quantitative estimate of drug-likeness (QED) is 0.502. The summed E-state index contributed by atoms with van der Waals surface area (Å²) in [6.07, 6.45) is 0.899. The molecule has 2 heterocycles. The van der Waals surface area contributed by atoms with Gasteiger partial charge in [0.05, 0.1) is 35.8 Å². The summed E-state index contributed by atoms with van der Waals surface area (Å²) in [6, 6.07) is 6.41. The smallest absolute Gasteiger partial charge is 0.361 e. The van der Waals surface area contributed by atoms with Crippen molar-refractivity contribution in [2.75, 3.05) is 14.2 Å². The van der Waals surface area contributed by atoms with Gasteiger partial charge >= 0.3 is 11.9 Å². The molecule has 9 nitrogen and oxygen atoms in total. The molecular formula is C23H17F3N2O7S. The van der Waals surface area contributed by atoms with Crippen molar-refractivity contribution >= 4 is 27.5 Å². The molecule has 0 amide bonds. The number of aromatic nitrogens is 1. The molecular weight excluding hydrogens is 505 g/mol. The number of benzene rings is 2. The highest BCUT2D eigenvalue weighted by Crippen LogP contribution is 2.43. The van der Waals surface area contributed by atoms with Crippen molar-refractivity contribution in [1.29, 1.82) is 0 Å². The van der Waals surface area contributed by atoms with Crippen LogP contribution in [-0.4, -0.2) is 43.7 Å². The number of halogens is 3. The van der Waals surface area contributed by atoms with E-state index in [-0.39, 0.29) is 16.9 Å². The van der Waals surface area contributed by atoms with E-state index < -0.39 is 61.1 Å². The maximum atomic E-state index is 14.9. The van der Waals surface area contributed by atoms with Gasteiger partial charge in [-0.15, -0.1) is 0 Å². The van der Waals surface area contributed by atoms with Gasteiger partial charge in [0.25, 0.3) is 10.0 Å². The molecule has 1 aliphatic heterocycles. The molecule has 0 saturated heterocycles. The van der Waals surface area contributed by atoms with E-state index in [9.17, 15) is 31.2 Å². The number of methoxy groups -OCH3 is 1. The van der Waals surface area contributed by atoms with E-state index in [2.05, 4.69) is 0 Å². The van der Waals surface area contributed by atoms with Crippen LogP contribution in [0.1, 0.15) is 12.5 Å². The third-order valence-electron chi connectivity index (χ3n) is 5.25. The highest BCUT2D eigenvalue weighted by molar-refractivity contribution is 7.90. The minimum Gasteiger partial charge on any atom is -0.494 e. The number of rotatable bonds is 5. The van der Waals surface area contributed by atoms with E-state index in [1.807, 2.05) is 0 Å². The fourth-order valence-corrected chi connectivity index (χ4v) is 5.04. The molecule has 0 bridgehead atoms. The molecule has 0 N–H and O–H groups in total. The Balaban J connectivity index is 2.11. The minimum atomic E-state index is -4.65. The van der Waals surface area contributed by atoms with Crippen LogP contribution < -0.4 is 4.74 Å². The topological polar surface area (TPSA) is 104 Å². The first-order valence-corrected chi connectivity index (χ1v) is 11.5. The van der Waals surface area contributed by atoms with Crippen LogP contribution in [0, 0.1) is 17.5 Å². The largest absolute Gasteiger partial charge is 0.494 e. The molecule has 2 aromatic carbocycles. The van der Waals surface area contributed by atoms with Gasteiger partial charge < -0.3 is 14.4 Å². The lowest BCUT2D eigenvalue weighted by molar-refractivity contribution is -0.304. The van der Waals surface area contributed by atoms with Gasteiger partial charge in [-0.25, -0.2) is 35.2 Å². The first kappa shape index (κ1) is 25.0. The van der Waals surface area contributed by atoms with Crippen LogP contribution in [0.4, 0.5) is 13.2 Å². The Bertz CT molecular complexity index is 1550. The Kier molecular flexibility index (Phi) is 6.37. The average molecular weight is 522 g/mol. The second-order valence-corrected chi connectivity index (χ2v) is 9.32. The lowest BCUT2D eigenvalue weighted by atomic mass is 10.0. The van der Waals surface area contributed by atoms with Gasteiger partial charge in [0, 0.05) is 23.1 Å². The molecule has 1 aliphatic rings. The van der Waals surface area contributed by atoms with Crippen LogP contribution in [0.15, 0.2) is 59.1 Å². The molecule has 36 heavy (non-hydrogen) atoms. The number of hydrogen-bond acceptors (Lipinski definition) is 8. The number of hydrogen-bond donors (Lipinski definition) is 0. The lowest BCUT2D eigenvalue weighted by Gasteiger charge is -2.13. The summed E-state index contributed by atoms with van der Waals surface area (Å²) in [5.41, 5.74) is -1.84. The zero-order valence-corrected chi connectivity index (χ0v) is 19.7. The summed E-state index contributed by atoms with van der Waals surface area (Å²) in [7, 11) is -2.39. The van der Waals surface area contributed by atoms with Crippen LogP contribution in [-0.2, 0) is 29.3 Å². The molecule has 0 radical (unpaired) electrons. The third-order valence-corrected chi connectivity index (χ3v) is 6.90. The predicted molar refractivity (Wildman–Crippen MR) is 118 cm³/mol. The molecule has 0 spiro atoms. The molecule has 0 aliphatic carbocycles. The summed E-state index contributed by atoms with van der Waals surface area (Å²) in [5.74, 6) is -5.40. The highest BCUT2D eigenvalue weighted by Gasteiger charge is 2.36. The Labute approximate surface area is 202 Å². The van der Waals surface area contributed by atoms with Gasteiger partial charge in [0.2, 0.25) is 0 Å². The van der Waals surface area contributed by atoms with Crippen molar-refractivity contribution in [2.45, 2.75) is 11.8 Å². The second-order valence-electron chi connectivity index (χ2n) is 7.50. The predicted octanol–water partition coefficient (Wildman–Crippen LogP) is 3.45. The van der Waals surface area contributed by atoms with Gasteiger partial charge in [-0.3, -0.25) is 0 Å². The molecule has 3 aromatic rings. The Morgan fingerprint density at radius 3 is 2.22 bits per heavy atom. The molecule has 188 valence electrons. The molecule has 0 atom stereocenters. The van der Waals surface area contributed by atoms with E-state index in [1.165, 1.54) is 6.92 Å². The van der Waals surface area contributed by atoms with Crippen LogP contribution >= 0.6 is 0 Å². The number of carbonyl (C=O) groups is 2. The van der Waals surface area contributed by atoms with Crippen LogP contribution in [0.5, 0.6) is 5.75 Å². The average Bonchev–Trinajstić information content (AvgIpc) is 3.14. The zero-order valence-electron chi connectivity index (χ0n) is 18.9. The van der Waals surface area contributed by atoms with Crippen molar-refractivity contribution in [2.24, 2.45) is 0 Å². The Hall–Kier alpha value is -4.10. The summed E-state index contributed by atoms with van der Waals surface area (Å²) in [5, 5.41) is 0.509. The van der Waals surface area contributed by atoms with Gasteiger partial charge in [-0.1, -0.05) is 6.07 Å². The monoisotopic (exact) mass is 522 g/mol. The number of carbonyl (C=O) groups excluding carboxylic acids is 2. The normalized spacial score (nSPS) is 14.9. The van der Waals surface area contributed by atoms with Gasteiger partial charge in [-0.2, -0.15) is 0 Å². The highest BCUT2D eigenvalue weighted by atomic mass is 32.2. The molecule has 4 rings (SSSR count). The molecule has 13 heteroatoms. The summed E-state index contributed by atoms with van der Waals surface area (Å²) >= 11 is 0. The summed E-state index contributed by atoms with van der Waals surface area (Å²) < 4.78 is 75.6. The van der Waals surface area contributed by atoms with E-state index in [1.54, 1.807) is 0 Å². The molecule has 0 fully saturated rings. The Morgan fingerprint density at radius 2 is 1.58 bits per heavy atom. The third kappa shape index (κ3) is 4.22. The summed E-state index contributed by atoms with van der Waals surface area (Å²) in [4.78, 5) is 34.4. The van der Waals surface area contributed by atoms with E-state index in [0.717, 1.165) is 56.8 Å². The van der Waals surface area contributed by atoms with Crippen molar-refractivity contribution in [1.82, 2.24) is 9.20 Å². The van der Waals surface area contributed by atoms with Gasteiger partial charge in [0.1, 0.15) is 23.1 Å². The standard InChI is InChI=1S/C23H17F3N2O7S/c1-12-19(23(30)35-27(2)34-22(12)29)17-11-28(36(31,32)15-6-4-5-13(24)9-15)20(21(17)33-3)16-8-7-14(25)10-18(16)26/h4-11H,1-3H3. The maximum Gasteiger partial charge on any atom is 0.361 e. The van der Waals surface area contributed by atoms with Crippen molar-refractivity contribution < 1.29 is 45.6 Å². The lowest BCUT2D eigenvalue weighted by Crippen LogP contribution is -2.23. The van der Waals surface area contributed by atoms with Crippen LogP contribution in [0.2, 0.25) is 0 Å². The van der Waals surface area contributed by atoms with E-state index in [4.69, 9.17) is 14.4 Å². The fourth-order valence-electron chi connectivity index (χ4n) is 3.64. The van der Waals surface area contributed by atoms with E-state index in [0.29, 0.717) is 15.3 Å². The minimum absolute atomic E-state index is 0.269. The number of nitrogens with zero attached hydrogens (tertiary/aromatic N) is 2. The van der Waals surface area contributed by atoms with Crippen molar-refractivity contribution in [3.63, 3.8) is 0 Å².